The predicted molar refractivity (Wildman–Crippen MR) is 142 cm³/mol. The van der Waals surface area contributed by atoms with Gasteiger partial charge in [-0.05, 0) is 81.0 Å². The van der Waals surface area contributed by atoms with Crippen LogP contribution >= 0.6 is 0 Å². The number of nitrogens with one attached hydrogen (secondary N) is 3. The Bertz CT molecular complexity index is 1240. The lowest BCUT2D eigenvalue weighted by molar-refractivity contribution is -0.140. The summed E-state index contributed by atoms with van der Waals surface area (Å²) in [4.78, 5) is 39.3. The van der Waals surface area contributed by atoms with E-state index in [0.717, 1.165) is 31.7 Å². The Morgan fingerprint density at radius 2 is 1.73 bits per heavy atom. The second-order valence-electron chi connectivity index (χ2n) is 11.0. The third-order valence-electron chi connectivity index (χ3n) is 7.44. The van der Waals surface area contributed by atoms with Gasteiger partial charge in [-0.3, -0.25) is 19.1 Å². The smallest absolute Gasteiger partial charge is 0.384 e. The average Bonchev–Trinajstić information content (AvgIpc) is 3.85. The zero-order valence-electron chi connectivity index (χ0n) is 23.1. The molecule has 0 aliphatic heterocycles. The lowest BCUT2D eigenvalue weighted by Crippen LogP contribution is -2.50. The molecule has 1 heterocycles. The predicted octanol–water partition coefficient (Wildman–Crippen LogP) is 4.18. The molecular formula is C28H35F4N5O4. The van der Waals surface area contributed by atoms with Crippen molar-refractivity contribution in [3.63, 3.8) is 0 Å². The zero-order chi connectivity index (χ0) is 29.9. The third-order valence-corrected chi connectivity index (χ3v) is 7.44. The summed E-state index contributed by atoms with van der Waals surface area (Å²) < 4.78 is 59.5. The monoisotopic (exact) mass is 581 g/mol. The quantitative estimate of drug-likeness (QED) is 0.307. The zero-order valence-corrected chi connectivity index (χ0v) is 23.1. The normalized spacial score (nSPS) is 16.9. The summed E-state index contributed by atoms with van der Waals surface area (Å²) in [6, 6.07) is 4.17. The summed E-state index contributed by atoms with van der Waals surface area (Å²) in [5, 5.41) is 11.5. The molecule has 13 heteroatoms. The molecular weight excluding hydrogens is 546 g/mol. The number of anilines is 1. The molecule has 2 saturated carbocycles. The minimum absolute atomic E-state index is 0.0780. The second kappa shape index (κ2) is 12.6. The van der Waals surface area contributed by atoms with Crippen molar-refractivity contribution in [3.8, 4) is 0 Å². The van der Waals surface area contributed by atoms with E-state index >= 15 is 4.39 Å². The standard InChI is InChI=1S/C28H35F4N5O4/c1-15(2)37-22(10-11-34-37)26(39)36-24(23(16-4-5-16)17-6-7-17)27(40)35-21-9-8-18(12-20(21)29)19(13-41-3)25(38)33-14-28(30,31)32/h8-12,15-17,19,23-24H,4-7,13-14H2,1-3H3,(H,33,38)(H,35,40)(H,36,39). The number of rotatable bonds is 13. The number of carbonyl (C=O) groups is 3. The van der Waals surface area contributed by atoms with Gasteiger partial charge in [0.25, 0.3) is 5.91 Å². The molecule has 41 heavy (non-hydrogen) atoms. The van der Waals surface area contributed by atoms with Crippen LogP contribution in [-0.2, 0) is 14.3 Å². The summed E-state index contributed by atoms with van der Waals surface area (Å²) in [5.41, 5.74) is 0.219. The van der Waals surface area contributed by atoms with Crippen molar-refractivity contribution in [1.82, 2.24) is 20.4 Å². The van der Waals surface area contributed by atoms with Gasteiger partial charge in [0.2, 0.25) is 11.8 Å². The molecule has 2 unspecified atom stereocenters. The highest BCUT2D eigenvalue weighted by Gasteiger charge is 2.48. The van der Waals surface area contributed by atoms with Crippen LogP contribution in [0.5, 0.6) is 0 Å². The first kappa shape index (κ1) is 30.5. The molecule has 3 N–H and O–H groups in total. The Labute approximate surface area is 235 Å². The molecule has 3 amide bonds. The molecule has 1 aromatic heterocycles. The first-order valence-electron chi connectivity index (χ1n) is 13.7. The number of benzene rings is 1. The number of amides is 3. The molecule has 0 bridgehead atoms. The van der Waals surface area contributed by atoms with Crippen molar-refractivity contribution in [1.29, 1.82) is 0 Å². The number of alkyl halides is 3. The summed E-state index contributed by atoms with van der Waals surface area (Å²) in [7, 11) is 1.27. The maximum Gasteiger partial charge on any atom is 0.405 e. The molecule has 0 spiro atoms. The number of hydrogen-bond donors (Lipinski definition) is 3. The van der Waals surface area contributed by atoms with Gasteiger partial charge in [0.15, 0.2) is 0 Å². The molecule has 1 aromatic carbocycles. The molecule has 2 aliphatic rings. The van der Waals surface area contributed by atoms with Gasteiger partial charge >= 0.3 is 6.18 Å². The Morgan fingerprint density at radius 1 is 1.07 bits per heavy atom. The fraction of sp³-hybridized carbons (Fsp3) is 0.571. The number of methoxy groups -OCH3 is 1. The number of ether oxygens (including phenoxy) is 1. The van der Waals surface area contributed by atoms with Crippen LogP contribution in [-0.4, -0.2) is 60.0 Å². The second-order valence-corrected chi connectivity index (χ2v) is 11.0. The van der Waals surface area contributed by atoms with Gasteiger partial charge in [0.05, 0.1) is 18.2 Å². The van der Waals surface area contributed by atoms with Crippen molar-refractivity contribution < 1.29 is 36.7 Å². The minimum Gasteiger partial charge on any atom is -0.384 e. The molecule has 2 atom stereocenters. The maximum atomic E-state index is 15.2. The topological polar surface area (TPSA) is 114 Å². The van der Waals surface area contributed by atoms with Crippen molar-refractivity contribution >= 4 is 23.4 Å². The van der Waals surface area contributed by atoms with E-state index in [2.05, 4.69) is 15.7 Å². The van der Waals surface area contributed by atoms with Crippen LogP contribution in [0.2, 0.25) is 0 Å². The first-order valence-corrected chi connectivity index (χ1v) is 13.7. The summed E-state index contributed by atoms with van der Waals surface area (Å²) in [6.07, 6.45) is 0.707. The summed E-state index contributed by atoms with van der Waals surface area (Å²) >= 11 is 0. The third kappa shape index (κ3) is 7.84. The molecule has 9 nitrogen and oxygen atoms in total. The van der Waals surface area contributed by atoms with Crippen molar-refractivity contribution in [3.05, 3.63) is 47.5 Å². The van der Waals surface area contributed by atoms with E-state index in [1.807, 2.05) is 13.8 Å². The van der Waals surface area contributed by atoms with Crippen LogP contribution in [0.15, 0.2) is 30.5 Å². The SMILES string of the molecule is COCC(C(=O)NCC(F)(F)F)c1ccc(NC(=O)C(NC(=O)c2ccnn2C(C)C)C(C2CC2)C2CC2)c(F)c1. The average molecular weight is 582 g/mol. The van der Waals surface area contributed by atoms with E-state index in [0.29, 0.717) is 5.69 Å². The number of carbonyl (C=O) groups excluding carboxylic acids is 3. The largest absolute Gasteiger partial charge is 0.405 e. The highest BCUT2D eigenvalue weighted by Crippen LogP contribution is 2.51. The molecule has 0 radical (unpaired) electrons. The Morgan fingerprint density at radius 3 is 2.27 bits per heavy atom. The van der Waals surface area contributed by atoms with Gasteiger partial charge in [-0.15, -0.1) is 0 Å². The van der Waals surface area contributed by atoms with E-state index in [1.165, 1.54) is 25.4 Å². The molecule has 224 valence electrons. The lowest BCUT2D eigenvalue weighted by Gasteiger charge is -2.28. The van der Waals surface area contributed by atoms with Gasteiger partial charge in [-0.1, -0.05) is 6.07 Å². The first-order chi connectivity index (χ1) is 19.4. The Kier molecular flexibility index (Phi) is 9.35. The number of halogens is 4. The van der Waals surface area contributed by atoms with Crippen LogP contribution in [0.3, 0.4) is 0 Å². The Balaban J connectivity index is 1.53. The molecule has 2 fully saturated rings. The van der Waals surface area contributed by atoms with Crippen molar-refractivity contribution in [2.24, 2.45) is 17.8 Å². The van der Waals surface area contributed by atoms with E-state index in [9.17, 15) is 27.6 Å². The number of hydrogen-bond acceptors (Lipinski definition) is 5. The van der Waals surface area contributed by atoms with Crippen LogP contribution in [0.1, 0.15) is 67.5 Å². The van der Waals surface area contributed by atoms with Gasteiger partial charge in [0, 0.05) is 19.3 Å². The van der Waals surface area contributed by atoms with E-state index < -0.39 is 48.2 Å². The number of nitrogens with zero attached hydrogens (tertiary/aromatic N) is 2. The molecule has 2 aromatic rings. The molecule has 0 saturated heterocycles. The van der Waals surface area contributed by atoms with Crippen LogP contribution in [0, 0.1) is 23.6 Å². The fourth-order valence-electron chi connectivity index (χ4n) is 5.21. The fourth-order valence-corrected chi connectivity index (χ4v) is 5.21. The molecule has 2 aliphatic carbocycles. The van der Waals surface area contributed by atoms with E-state index in [-0.39, 0.29) is 41.7 Å². The lowest BCUT2D eigenvalue weighted by atomic mass is 9.88. The Hall–Kier alpha value is -3.48. The minimum atomic E-state index is -4.61. The van der Waals surface area contributed by atoms with Crippen LogP contribution in [0.25, 0.3) is 0 Å². The highest BCUT2D eigenvalue weighted by molar-refractivity contribution is 6.01. The van der Waals surface area contributed by atoms with Gasteiger partial charge in [-0.25, -0.2) is 4.39 Å². The van der Waals surface area contributed by atoms with Gasteiger partial charge in [0.1, 0.15) is 24.1 Å². The maximum absolute atomic E-state index is 15.2. The van der Waals surface area contributed by atoms with Gasteiger partial charge < -0.3 is 20.7 Å². The van der Waals surface area contributed by atoms with Crippen molar-refractivity contribution in [2.75, 3.05) is 25.6 Å². The summed E-state index contributed by atoms with van der Waals surface area (Å²) in [6.45, 7) is 1.96. The summed E-state index contributed by atoms with van der Waals surface area (Å²) in [5.74, 6) is -3.60. The van der Waals surface area contributed by atoms with Gasteiger partial charge in [-0.2, -0.15) is 18.3 Å². The van der Waals surface area contributed by atoms with Crippen LogP contribution < -0.4 is 16.0 Å². The molecule has 4 rings (SSSR count). The van der Waals surface area contributed by atoms with E-state index in [4.69, 9.17) is 4.74 Å². The highest BCUT2D eigenvalue weighted by atomic mass is 19.4. The van der Waals surface area contributed by atoms with Crippen molar-refractivity contribution in [2.45, 2.75) is 63.7 Å². The van der Waals surface area contributed by atoms with E-state index in [1.54, 1.807) is 16.1 Å². The van der Waals surface area contributed by atoms with Crippen LogP contribution in [0.4, 0.5) is 23.2 Å². The number of aromatic nitrogens is 2.